The molecular formula is C29H38O3. The van der Waals surface area contributed by atoms with Crippen LogP contribution in [-0.2, 0) is 17.6 Å². The van der Waals surface area contributed by atoms with Crippen molar-refractivity contribution < 1.29 is 14.6 Å². The molecule has 0 saturated heterocycles. The van der Waals surface area contributed by atoms with Gasteiger partial charge in [0, 0.05) is 6.42 Å². The normalized spacial score (nSPS) is 15.3. The molecular weight excluding hydrogens is 396 g/mol. The zero-order valence-corrected chi connectivity index (χ0v) is 19.5. The van der Waals surface area contributed by atoms with Gasteiger partial charge in [-0.1, -0.05) is 55.8 Å². The number of aromatic hydroxyl groups is 1. The minimum atomic E-state index is 0.161. The van der Waals surface area contributed by atoms with Crippen molar-refractivity contribution in [3.05, 3.63) is 71.8 Å². The third-order valence-electron chi connectivity index (χ3n) is 6.42. The minimum absolute atomic E-state index is 0.161. The molecule has 1 saturated carbocycles. The minimum Gasteiger partial charge on any atom is -0.504 e. The largest absolute Gasteiger partial charge is 0.504 e. The molecule has 0 bridgehead atoms. The van der Waals surface area contributed by atoms with Gasteiger partial charge < -0.3 is 9.84 Å². The Morgan fingerprint density at radius 1 is 1.06 bits per heavy atom. The van der Waals surface area contributed by atoms with Gasteiger partial charge in [0.2, 0.25) is 0 Å². The van der Waals surface area contributed by atoms with Crippen molar-refractivity contribution in [2.24, 2.45) is 5.92 Å². The predicted octanol–water partition coefficient (Wildman–Crippen LogP) is 7.21. The summed E-state index contributed by atoms with van der Waals surface area (Å²) in [4.78, 5) is 12.2. The molecule has 3 heteroatoms. The Balaban J connectivity index is 1.31. The Morgan fingerprint density at radius 3 is 2.62 bits per heavy atom. The average molecular weight is 435 g/mol. The molecule has 32 heavy (non-hydrogen) atoms. The quantitative estimate of drug-likeness (QED) is 0.268. The summed E-state index contributed by atoms with van der Waals surface area (Å²) < 4.78 is 5.96. The zero-order valence-electron chi connectivity index (χ0n) is 19.5. The summed E-state index contributed by atoms with van der Waals surface area (Å²) in [7, 11) is 0. The number of hydrogen-bond acceptors (Lipinski definition) is 3. The number of hydrogen-bond donors (Lipinski definition) is 1. The molecule has 2 aromatic rings. The molecule has 1 N–H and O–H groups in total. The Labute approximate surface area is 193 Å². The first-order chi connectivity index (χ1) is 15.6. The van der Waals surface area contributed by atoms with E-state index in [4.69, 9.17) is 4.74 Å². The lowest BCUT2D eigenvalue weighted by Crippen LogP contribution is -2.11. The molecule has 0 radical (unpaired) electrons. The molecule has 2 aromatic carbocycles. The number of allylic oxidation sites excluding steroid dienone is 2. The third kappa shape index (κ3) is 8.53. The first kappa shape index (κ1) is 24.1. The molecule has 1 aliphatic carbocycles. The molecule has 3 nitrogen and oxygen atoms in total. The Morgan fingerprint density at radius 2 is 1.84 bits per heavy atom. The standard InChI is InChI=1S/C29H38O3/c1-23(16-17-24-11-5-3-6-12-24)10-4-2-7-13-26(30)20-18-25-19-21-28(31)29(22-25)32-27-14-8-9-15-27/h3,5-7,11-13,19,21-23,27,31H,2,4,8-10,14-18,20H2,1H3/t23-/m1/s1. The highest BCUT2D eigenvalue weighted by atomic mass is 16.5. The van der Waals surface area contributed by atoms with Gasteiger partial charge in [0.05, 0.1) is 6.10 Å². The summed E-state index contributed by atoms with van der Waals surface area (Å²) in [6.45, 7) is 2.32. The molecule has 0 aromatic heterocycles. The molecule has 0 heterocycles. The van der Waals surface area contributed by atoms with Crippen LogP contribution in [0.1, 0.15) is 75.8 Å². The lowest BCUT2D eigenvalue weighted by Gasteiger charge is -2.15. The number of phenols is 1. The van der Waals surface area contributed by atoms with Crippen LogP contribution in [0.25, 0.3) is 0 Å². The molecule has 1 fully saturated rings. The van der Waals surface area contributed by atoms with Gasteiger partial charge in [-0.3, -0.25) is 4.79 Å². The fraction of sp³-hybridized carbons (Fsp3) is 0.483. The van der Waals surface area contributed by atoms with Crippen molar-refractivity contribution in [2.75, 3.05) is 0 Å². The number of phenolic OH excluding ortho intramolecular Hbond substituents is 1. The van der Waals surface area contributed by atoms with Crippen molar-refractivity contribution in [2.45, 2.75) is 83.7 Å². The summed E-state index contributed by atoms with van der Waals surface area (Å²) >= 11 is 0. The highest BCUT2D eigenvalue weighted by molar-refractivity contribution is 5.89. The molecule has 0 aliphatic heterocycles. The van der Waals surface area contributed by atoms with Crippen LogP contribution in [-0.4, -0.2) is 17.0 Å². The van der Waals surface area contributed by atoms with Crippen LogP contribution in [0, 0.1) is 5.92 Å². The molecule has 1 aliphatic rings. The molecule has 0 spiro atoms. The van der Waals surface area contributed by atoms with Gasteiger partial charge in [0.15, 0.2) is 17.3 Å². The second kappa shape index (κ2) is 13.1. The fourth-order valence-electron chi connectivity index (χ4n) is 4.35. The van der Waals surface area contributed by atoms with E-state index < -0.39 is 0 Å². The maximum atomic E-state index is 12.2. The smallest absolute Gasteiger partial charge is 0.161 e. The van der Waals surface area contributed by atoms with E-state index in [-0.39, 0.29) is 17.6 Å². The first-order valence-corrected chi connectivity index (χ1v) is 12.3. The monoisotopic (exact) mass is 434 g/mol. The Kier molecular flexibility index (Phi) is 9.87. The molecule has 0 amide bonds. The second-order valence-corrected chi connectivity index (χ2v) is 9.26. The number of ether oxygens (including phenoxy) is 1. The third-order valence-corrected chi connectivity index (χ3v) is 6.42. The molecule has 3 rings (SSSR count). The summed E-state index contributed by atoms with van der Waals surface area (Å²) in [6, 6.07) is 16.1. The summed E-state index contributed by atoms with van der Waals surface area (Å²) in [6.07, 6.45) is 15.3. The number of rotatable bonds is 13. The van der Waals surface area contributed by atoms with Gasteiger partial charge in [-0.15, -0.1) is 0 Å². The van der Waals surface area contributed by atoms with Crippen molar-refractivity contribution >= 4 is 5.78 Å². The highest BCUT2D eigenvalue weighted by Crippen LogP contribution is 2.32. The summed E-state index contributed by atoms with van der Waals surface area (Å²) in [5.74, 6) is 1.60. The number of ketones is 1. The lowest BCUT2D eigenvalue weighted by molar-refractivity contribution is -0.114. The number of aryl methyl sites for hydroxylation is 2. The van der Waals surface area contributed by atoms with Crippen molar-refractivity contribution in [1.82, 2.24) is 0 Å². The van der Waals surface area contributed by atoms with Crippen LogP contribution in [0.15, 0.2) is 60.7 Å². The van der Waals surface area contributed by atoms with E-state index in [1.54, 1.807) is 12.1 Å². The van der Waals surface area contributed by atoms with Crippen LogP contribution < -0.4 is 4.74 Å². The van der Waals surface area contributed by atoms with Gasteiger partial charge in [-0.2, -0.15) is 0 Å². The van der Waals surface area contributed by atoms with Gasteiger partial charge >= 0.3 is 0 Å². The average Bonchev–Trinajstić information content (AvgIpc) is 3.32. The Bertz CT molecular complexity index is 850. The summed E-state index contributed by atoms with van der Waals surface area (Å²) in [5, 5.41) is 10.1. The van der Waals surface area contributed by atoms with Crippen LogP contribution in [0.5, 0.6) is 11.5 Å². The second-order valence-electron chi connectivity index (χ2n) is 9.26. The van der Waals surface area contributed by atoms with E-state index in [1.165, 1.54) is 31.2 Å². The number of carbonyl (C=O) groups excluding carboxylic acids is 1. The van der Waals surface area contributed by atoms with Gasteiger partial charge in [0.1, 0.15) is 0 Å². The van der Waals surface area contributed by atoms with Gasteiger partial charge in [0.25, 0.3) is 0 Å². The predicted molar refractivity (Wildman–Crippen MR) is 131 cm³/mol. The van der Waals surface area contributed by atoms with Crippen LogP contribution in [0.3, 0.4) is 0 Å². The van der Waals surface area contributed by atoms with E-state index in [9.17, 15) is 9.90 Å². The maximum absolute atomic E-state index is 12.2. The van der Waals surface area contributed by atoms with Crippen molar-refractivity contribution in [3.63, 3.8) is 0 Å². The molecule has 1 atom stereocenters. The van der Waals surface area contributed by atoms with Crippen LogP contribution in [0.2, 0.25) is 0 Å². The SMILES string of the molecule is C[C@H](CCCC=CC(=O)CCc1ccc(O)c(OC2CCCC2)c1)CCc1ccccc1. The van der Waals surface area contributed by atoms with E-state index in [1.807, 2.05) is 18.2 Å². The highest BCUT2D eigenvalue weighted by Gasteiger charge is 2.18. The molecule has 0 unspecified atom stereocenters. The zero-order chi connectivity index (χ0) is 22.6. The molecule has 172 valence electrons. The Hall–Kier alpha value is -2.55. The van der Waals surface area contributed by atoms with Gasteiger partial charge in [-0.25, -0.2) is 0 Å². The topological polar surface area (TPSA) is 46.5 Å². The van der Waals surface area contributed by atoms with Crippen LogP contribution >= 0.6 is 0 Å². The maximum Gasteiger partial charge on any atom is 0.161 e. The van der Waals surface area contributed by atoms with E-state index in [0.29, 0.717) is 24.5 Å². The number of carbonyl (C=O) groups is 1. The first-order valence-electron chi connectivity index (χ1n) is 12.3. The number of unbranched alkanes of at least 4 members (excludes halogenated alkanes) is 1. The van der Waals surface area contributed by atoms with E-state index in [0.717, 1.165) is 37.7 Å². The van der Waals surface area contributed by atoms with Crippen LogP contribution in [0.4, 0.5) is 0 Å². The van der Waals surface area contributed by atoms with E-state index >= 15 is 0 Å². The van der Waals surface area contributed by atoms with E-state index in [2.05, 4.69) is 37.3 Å². The fourth-order valence-corrected chi connectivity index (χ4v) is 4.35. The van der Waals surface area contributed by atoms with Crippen molar-refractivity contribution in [1.29, 1.82) is 0 Å². The van der Waals surface area contributed by atoms with Gasteiger partial charge in [-0.05, 0) is 93.0 Å². The summed E-state index contributed by atoms with van der Waals surface area (Å²) in [5.41, 5.74) is 2.44. The van der Waals surface area contributed by atoms with Crippen molar-refractivity contribution in [3.8, 4) is 11.5 Å². The number of benzene rings is 2. The lowest BCUT2D eigenvalue weighted by atomic mass is 9.96.